The fourth-order valence-electron chi connectivity index (χ4n) is 1.69. The van der Waals surface area contributed by atoms with Gasteiger partial charge in [0.05, 0.1) is 24.9 Å². The van der Waals surface area contributed by atoms with Crippen LogP contribution in [0.2, 0.25) is 0 Å². The molecule has 0 unspecified atom stereocenters. The minimum atomic E-state index is -0.561. The summed E-state index contributed by atoms with van der Waals surface area (Å²) >= 11 is 0. The third kappa shape index (κ3) is 4.68. The molecule has 1 aromatic carbocycles. The van der Waals surface area contributed by atoms with Gasteiger partial charge in [0.25, 0.3) is 0 Å². The van der Waals surface area contributed by atoms with Crippen LogP contribution in [0.15, 0.2) is 18.2 Å². The van der Waals surface area contributed by atoms with Crippen molar-refractivity contribution in [3.63, 3.8) is 0 Å². The molecule has 6 N–H and O–H groups in total. The highest BCUT2D eigenvalue weighted by molar-refractivity contribution is 5.85. The van der Waals surface area contributed by atoms with Crippen molar-refractivity contribution in [2.75, 3.05) is 23.7 Å². The van der Waals surface area contributed by atoms with Crippen molar-refractivity contribution >= 4 is 23.2 Å². The average Bonchev–Trinajstić information content (AvgIpc) is 2.29. The molecular formula is C13H20N4O3. The Morgan fingerprint density at radius 3 is 2.20 bits per heavy atom. The summed E-state index contributed by atoms with van der Waals surface area (Å²) in [6.07, 6.45) is -0.0479. The van der Waals surface area contributed by atoms with Crippen molar-refractivity contribution in [2.24, 2.45) is 11.5 Å². The molecule has 0 aliphatic carbocycles. The Balaban J connectivity index is 3.06. The maximum atomic E-state index is 11.1. The lowest BCUT2D eigenvalue weighted by atomic mass is 10.2. The van der Waals surface area contributed by atoms with Gasteiger partial charge in [0, 0.05) is 11.8 Å². The van der Waals surface area contributed by atoms with Crippen LogP contribution in [0.4, 0.5) is 11.4 Å². The Labute approximate surface area is 117 Å². The molecule has 0 aliphatic rings. The molecule has 7 heteroatoms. The third-order valence-corrected chi connectivity index (χ3v) is 2.42. The van der Waals surface area contributed by atoms with E-state index in [0.29, 0.717) is 17.1 Å². The number of primary amides is 2. The summed E-state index contributed by atoms with van der Waals surface area (Å²) in [6.45, 7) is 3.51. The molecule has 0 aliphatic heterocycles. The Kier molecular flexibility index (Phi) is 5.19. The number of hydrogen-bond donors (Lipinski definition) is 3. The summed E-state index contributed by atoms with van der Waals surface area (Å²) < 4.78 is 5.56. The molecule has 0 fully saturated rings. The summed E-state index contributed by atoms with van der Waals surface area (Å²) in [7, 11) is 0. The molecule has 1 aromatic rings. The number of anilines is 2. The van der Waals surface area contributed by atoms with Gasteiger partial charge in [-0.1, -0.05) is 0 Å². The number of carbonyl (C=O) groups is 2. The zero-order chi connectivity index (χ0) is 15.3. The number of hydrogen-bond acceptors (Lipinski definition) is 5. The second kappa shape index (κ2) is 6.65. The number of nitrogens with zero attached hydrogens (tertiary/aromatic N) is 1. The lowest BCUT2D eigenvalue weighted by Gasteiger charge is -2.23. The van der Waals surface area contributed by atoms with Crippen LogP contribution >= 0.6 is 0 Å². The molecule has 110 valence electrons. The van der Waals surface area contributed by atoms with Gasteiger partial charge in [0.2, 0.25) is 11.8 Å². The normalized spacial score (nSPS) is 10.3. The van der Waals surface area contributed by atoms with E-state index < -0.39 is 11.8 Å². The van der Waals surface area contributed by atoms with E-state index in [2.05, 4.69) is 0 Å². The first-order valence-corrected chi connectivity index (χ1v) is 6.17. The first kappa shape index (κ1) is 15.6. The van der Waals surface area contributed by atoms with Gasteiger partial charge in [-0.15, -0.1) is 0 Å². The molecule has 1 rings (SSSR count). The maximum absolute atomic E-state index is 11.1. The van der Waals surface area contributed by atoms with E-state index >= 15 is 0 Å². The molecular weight excluding hydrogens is 260 g/mol. The van der Waals surface area contributed by atoms with Crippen molar-refractivity contribution in [1.82, 2.24) is 0 Å². The standard InChI is InChI=1S/C13H20N4O3/c1-8(2)20-11-5-9(3-4-10(11)14)17(6-12(15)18)7-13(16)19/h3-5,8H,6-7,14H2,1-2H3,(H2,15,18)(H2,16,19). The number of nitrogens with two attached hydrogens (primary N) is 3. The number of ether oxygens (including phenoxy) is 1. The molecule has 0 bridgehead atoms. The van der Waals surface area contributed by atoms with E-state index in [4.69, 9.17) is 21.9 Å². The van der Waals surface area contributed by atoms with Crippen molar-refractivity contribution in [3.05, 3.63) is 18.2 Å². The van der Waals surface area contributed by atoms with Crippen LogP contribution in [-0.4, -0.2) is 31.0 Å². The highest BCUT2D eigenvalue weighted by Crippen LogP contribution is 2.28. The third-order valence-electron chi connectivity index (χ3n) is 2.42. The SMILES string of the molecule is CC(C)Oc1cc(N(CC(N)=O)CC(N)=O)ccc1N. The van der Waals surface area contributed by atoms with E-state index in [9.17, 15) is 9.59 Å². The maximum Gasteiger partial charge on any atom is 0.236 e. The summed E-state index contributed by atoms with van der Waals surface area (Å²) in [6, 6.07) is 4.97. The van der Waals surface area contributed by atoms with Crippen LogP contribution in [0.1, 0.15) is 13.8 Å². The average molecular weight is 280 g/mol. The topological polar surface area (TPSA) is 125 Å². The zero-order valence-electron chi connectivity index (χ0n) is 11.6. The van der Waals surface area contributed by atoms with Crippen LogP contribution in [-0.2, 0) is 9.59 Å². The largest absolute Gasteiger partial charge is 0.489 e. The number of nitrogen functional groups attached to an aromatic ring is 1. The summed E-state index contributed by atoms with van der Waals surface area (Å²) in [5.41, 5.74) is 17.2. The molecule has 2 amide bonds. The molecule has 0 heterocycles. The minimum absolute atomic E-state index is 0.0479. The first-order valence-electron chi connectivity index (χ1n) is 6.17. The lowest BCUT2D eigenvalue weighted by Crippen LogP contribution is -2.39. The molecule has 20 heavy (non-hydrogen) atoms. The van der Waals surface area contributed by atoms with Gasteiger partial charge in [0.15, 0.2) is 0 Å². The predicted octanol–water partition coefficient (Wildman–Crippen LogP) is -0.167. The van der Waals surface area contributed by atoms with Gasteiger partial charge in [-0.3, -0.25) is 9.59 Å². The predicted molar refractivity (Wildman–Crippen MR) is 77.2 cm³/mol. The van der Waals surface area contributed by atoms with Crippen LogP contribution in [0.5, 0.6) is 5.75 Å². The Morgan fingerprint density at radius 1 is 1.20 bits per heavy atom. The Hall–Kier alpha value is -2.44. The second-order valence-electron chi connectivity index (χ2n) is 4.68. The van der Waals surface area contributed by atoms with Crippen molar-refractivity contribution in [3.8, 4) is 5.75 Å². The number of rotatable bonds is 7. The first-order chi connectivity index (χ1) is 9.29. The van der Waals surface area contributed by atoms with Gasteiger partial charge >= 0.3 is 0 Å². The van der Waals surface area contributed by atoms with Gasteiger partial charge < -0.3 is 26.8 Å². The fourth-order valence-corrected chi connectivity index (χ4v) is 1.69. The van der Waals surface area contributed by atoms with E-state index in [1.807, 2.05) is 13.8 Å². The summed E-state index contributed by atoms with van der Waals surface area (Å²) in [5, 5.41) is 0. The van der Waals surface area contributed by atoms with Crippen LogP contribution in [0, 0.1) is 0 Å². The van der Waals surface area contributed by atoms with Crippen LogP contribution in [0.3, 0.4) is 0 Å². The van der Waals surface area contributed by atoms with E-state index in [1.165, 1.54) is 4.90 Å². The smallest absolute Gasteiger partial charge is 0.236 e. The van der Waals surface area contributed by atoms with Crippen LogP contribution in [0.25, 0.3) is 0 Å². The minimum Gasteiger partial charge on any atom is -0.489 e. The molecule has 0 saturated heterocycles. The van der Waals surface area contributed by atoms with E-state index in [-0.39, 0.29) is 19.2 Å². The molecule has 0 saturated carbocycles. The monoisotopic (exact) mass is 280 g/mol. The van der Waals surface area contributed by atoms with E-state index in [0.717, 1.165) is 0 Å². The highest BCUT2D eigenvalue weighted by atomic mass is 16.5. The quantitative estimate of drug-likeness (QED) is 0.598. The van der Waals surface area contributed by atoms with E-state index in [1.54, 1.807) is 18.2 Å². The molecule has 0 spiro atoms. The fraction of sp³-hybridized carbons (Fsp3) is 0.385. The number of benzene rings is 1. The van der Waals surface area contributed by atoms with Crippen LogP contribution < -0.4 is 26.8 Å². The molecule has 0 atom stereocenters. The molecule has 7 nitrogen and oxygen atoms in total. The second-order valence-corrected chi connectivity index (χ2v) is 4.68. The van der Waals surface area contributed by atoms with Crippen molar-refractivity contribution in [1.29, 1.82) is 0 Å². The Bertz CT molecular complexity index is 486. The summed E-state index contributed by atoms with van der Waals surface area (Å²) in [4.78, 5) is 23.6. The Morgan fingerprint density at radius 2 is 1.75 bits per heavy atom. The van der Waals surface area contributed by atoms with Gasteiger partial charge in [-0.25, -0.2) is 0 Å². The number of carbonyl (C=O) groups excluding carboxylic acids is 2. The van der Waals surface area contributed by atoms with Gasteiger partial charge in [-0.05, 0) is 26.0 Å². The molecule has 0 aromatic heterocycles. The summed E-state index contributed by atoms with van der Waals surface area (Å²) in [5.74, 6) is -0.639. The van der Waals surface area contributed by atoms with Crippen molar-refractivity contribution < 1.29 is 14.3 Å². The van der Waals surface area contributed by atoms with Crippen molar-refractivity contribution in [2.45, 2.75) is 20.0 Å². The highest BCUT2D eigenvalue weighted by Gasteiger charge is 2.14. The zero-order valence-corrected chi connectivity index (χ0v) is 11.6. The lowest BCUT2D eigenvalue weighted by molar-refractivity contribution is -0.117. The number of amides is 2. The molecule has 0 radical (unpaired) electrons. The van der Waals surface area contributed by atoms with Gasteiger partial charge in [-0.2, -0.15) is 0 Å². The van der Waals surface area contributed by atoms with Gasteiger partial charge in [0.1, 0.15) is 5.75 Å².